The van der Waals surface area contributed by atoms with Crippen molar-refractivity contribution in [3.8, 4) is 11.5 Å². The van der Waals surface area contributed by atoms with E-state index in [1.807, 2.05) is 25.1 Å². The molecule has 0 aliphatic carbocycles. The number of rotatable bonds is 4. The molecule has 1 fully saturated rings. The summed E-state index contributed by atoms with van der Waals surface area (Å²) < 4.78 is 49.2. The fourth-order valence-electron chi connectivity index (χ4n) is 3.80. The smallest absolute Gasteiger partial charge is 0.416 e. The molecule has 0 radical (unpaired) electrons. The third-order valence-corrected chi connectivity index (χ3v) is 5.53. The number of piperidine rings is 1. The predicted molar refractivity (Wildman–Crippen MR) is 110 cm³/mol. The van der Waals surface area contributed by atoms with Crippen molar-refractivity contribution in [3.05, 3.63) is 53.6 Å². The lowest BCUT2D eigenvalue weighted by Crippen LogP contribution is -2.38. The molecule has 1 saturated heterocycles. The maximum atomic E-state index is 12.8. The highest BCUT2D eigenvalue weighted by atomic mass is 19.4. The van der Waals surface area contributed by atoms with Gasteiger partial charge in [0.25, 0.3) is 0 Å². The van der Waals surface area contributed by atoms with Crippen LogP contribution in [0.5, 0.6) is 0 Å². The van der Waals surface area contributed by atoms with Crippen LogP contribution in [0.4, 0.5) is 18.0 Å². The highest BCUT2D eigenvalue weighted by Gasteiger charge is 2.30. The molecule has 2 heterocycles. The maximum absolute atomic E-state index is 12.8. The lowest BCUT2D eigenvalue weighted by Gasteiger charge is -2.31. The van der Waals surface area contributed by atoms with Crippen molar-refractivity contribution in [1.82, 2.24) is 9.88 Å². The molecule has 1 aliphatic rings. The topological polar surface area (TPSA) is 55.6 Å². The van der Waals surface area contributed by atoms with Gasteiger partial charge >= 0.3 is 12.3 Å². The molecule has 1 aliphatic heterocycles. The van der Waals surface area contributed by atoms with Crippen molar-refractivity contribution in [1.29, 1.82) is 0 Å². The van der Waals surface area contributed by atoms with E-state index in [1.54, 1.807) is 4.90 Å². The number of ether oxygens (including phenoxy) is 1. The van der Waals surface area contributed by atoms with Gasteiger partial charge in [-0.05, 0) is 67.1 Å². The summed E-state index contributed by atoms with van der Waals surface area (Å²) >= 11 is 0. The molecule has 0 spiro atoms. The quantitative estimate of drug-likeness (QED) is 0.490. The molecule has 31 heavy (non-hydrogen) atoms. The van der Waals surface area contributed by atoms with Gasteiger partial charge in [-0.25, -0.2) is 9.78 Å². The van der Waals surface area contributed by atoms with Gasteiger partial charge in [-0.2, -0.15) is 13.2 Å². The van der Waals surface area contributed by atoms with Crippen LogP contribution in [0.2, 0.25) is 0 Å². The number of hydrogen-bond donors (Lipinski definition) is 0. The summed E-state index contributed by atoms with van der Waals surface area (Å²) in [6.45, 7) is 3.67. The van der Waals surface area contributed by atoms with Gasteiger partial charge in [-0.3, -0.25) is 0 Å². The summed E-state index contributed by atoms with van der Waals surface area (Å²) in [5, 5.41) is 0. The van der Waals surface area contributed by atoms with Gasteiger partial charge in [0.1, 0.15) is 5.52 Å². The van der Waals surface area contributed by atoms with Crippen LogP contribution in [0.15, 0.2) is 46.9 Å². The van der Waals surface area contributed by atoms with E-state index in [9.17, 15) is 18.0 Å². The van der Waals surface area contributed by atoms with Gasteiger partial charge in [0.15, 0.2) is 5.58 Å². The van der Waals surface area contributed by atoms with E-state index >= 15 is 0 Å². The summed E-state index contributed by atoms with van der Waals surface area (Å²) in [5.41, 5.74) is 2.14. The average Bonchev–Trinajstić information content (AvgIpc) is 3.20. The standard InChI is InChI=1S/C23H23F3N2O3/c1-2-13-30-22(29)28-11-9-15(10-12-28)17-5-8-20-19(14-17)27-21(31-20)16-3-6-18(7-4-16)23(24,25)26/h3-8,14-15H,2,9-13H2,1H3. The Bertz CT molecular complexity index is 1050. The largest absolute Gasteiger partial charge is 0.449 e. The van der Waals surface area contributed by atoms with Crippen LogP contribution >= 0.6 is 0 Å². The van der Waals surface area contributed by atoms with Gasteiger partial charge in [0, 0.05) is 18.7 Å². The number of amides is 1. The summed E-state index contributed by atoms with van der Waals surface area (Å²) in [7, 11) is 0. The van der Waals surface area contributed by atoms with Crippen LogP contribution in [0, 0.1) is 0 Å². The van der Waals surface area contributed by atoms with Crippen LogP contribution in [-0.4, -0.2) is 35.7 Å². The number of hydrogen-bond acceptors (Lipinski definition) is 4. The minimum absolute atomic E-state index is 0.256. The lowest BCUT2D eigenvalue weighted by molar-refractivity contribution is -0.137. The fraction of sp³-hybridized carbons (Fsp3) is 0.391. The third-order valence-electron chi connectivity index (χ3n) is 5.53. The first-order valence-corrected chi connectivity index (χ1v) is 10.3. The average molecular weight is 432 g/mol. The van der Waals surface area contributed by atoms with Crippen LogP contribution in [-0.2, 0) is 10.9 Å². The lowest BCUT2D eigenvalue weighted by atomic mass is 9.89. The number of nitrogens with zero attached hydrogens (tertiary/aromatic N) is 2. The van der Waals surface area contributed by atoms with Crippen LogP contribution in [0.3, 0.4) is 0 Å². The molecule has 0 unspecified atom stereocenters. The molecule has 1 amide bonds. The molecule has 8 heteroatoms. The summed E-state index contributed by atoms with van der Waals surface area (Å²) in [6, 6.07) is 10.6. The molecular weight excluding hydrogens is 409 g/mol. The van der Waals surface area contributed by atoms with Gasteiger partial charge < -0.3 is 14.1 Å². The van der Waals surface area contributed by atoms with E-state index in [0.29, 0.717) is 42.3 Å². The van der Waals surface area contributed by atoms with Crippen LogP contribution in [0.1, 0.15) is 43.2 Å². The van der Waals surface area contributed by atoms with Crippen molar-refractivity contribution in [3.63, 3.8) is 0 Å². The summed E-state index contributed by atoms with van der Waals surface area (Å²) in [5.74, 6) is 0.584. The highest BCUT2D eigenvalue weighted by Crippen LogP contribution is 2.33. The van der Waals surface area contributed by atoms with Crippen molar-refractivity contribution in [2.75, 3.05) is 19.7 Å². The van der Waals surface area contributed by atoms with Crippen molar-refractivity contribution in [2.24, 2.45) is 0 Å². The molecule has 0 bridgehead atoms. The second-order valence-corrected chi connectivity index (χ2v) is 7.70. The number of halogens is 3. The number of alkyl halides is 3. The van der Waals surface area contributed by atoms with Crippen molar-refractivity contribution < 1.29 is 27.1 Å². The Morgan fingerprint density at radius 3 is 2.52 bits per heavy atom. The van der Waals surface area contributed by atoms with Crippen LogP contribution < -0.4 is 0 Å². The Kier molecular flexibility index (Phi) is 5.89. The molecular formula is C23H23F3N2O3. The maximum Gasteiger partial charge on any atom is 0.416 e. The molecule has 4 rings (SSSR count). The minimum Gasteiger partial charge on any atom is -0.449 e. The summed E-state index contributed by atoms with van der Waals surface area (Å²) in [6.07, 6.45) is -2.17. The SMILES string of the molecule is CCCOC(=O)N1CCC(c2ccc3oc(-c4ccc(C(F)(F)F)cc4)nc3c2)CC1. The second kappa shape index (κ2) is 8.61. The minimum atomic E-state index is -4.38. The molecule has 164 valence electrons. The Morgan fingerprint density at radius 2 is 1.87 bits per heavy atom. The number of oxazole rings is 1. The molecule has 0 N–H and O–H groups in total. The second-order valence-electron chi connectivity index (χ2n) is 7.70. The summed E-state index contributed by atoms with van der Waals surface area (Å²) in [4.78, 5) is 18.2. The first kappa shape index (κ1) is 21.2. The fourth-order valence-corrected chi connectivity index (χ4v) is 3.80. The predicted octanol–water partition coefficient (Wildman–Crippen LogP) is 6.24. The Balaban J connectivity index is 1.47. The molecule has 0 atom stereocenters. The number of benzene rings is 2. The van der Waals surface area contributed by atoms with E-state index < -0.39 is 11.7 Å². The van der Waals surface area contributed by atoms with E-state index in [0.717, 1.165) is 37.0 Å². The zero-order valence-corrected chi connectivity index (χ0v) is 17.1. The molecule has 0 saturated carbocycles. The van der Waals surface area contributed by atoms with Crippen molar-refractivity contribution in [2.45, 2.75) is 38.3 Å². The zero-order valence-electron chi connectivity index (χ0n) is 17.1. The normalized spacial score (nSPS) is 15.4. The molecule has 5 nitrogen and oxygen atoms in total. The third kappa shape index (κ3) is 4.68. The first-order valence-electron chi connectivity index (χ1n) is 10.3. The highest BCUT2D eigenvalue weighted by molar-refractivity contribution is 5.77. The molecule has 2 aromatic carbocycles. The van der Waals surface area contributed by atoms with E-state index in [4.69, 9.17) is 9.15 Å². The Morgan fingerprint density at radius 1 is 1.16 bits per heavy atom. The zero-order chi connectivity index (χ0) is 22.0. The number of fused-ring (bicyclic) bond motifs is 1. The Labute approximate surface area is 177 Å². The molecule has 3 aromatic rings. The number of likely N-dealkylation sites (tertiary alicyclic amines) is 1. The van der Waals surface area contributed by atoms with E-state index in [1.165, 1.54) is 12.1 Å². The van der Waals surface area contributed by atoms with Gasteiger partial charge in [-0.1, -0.05) is 13.0 Å². The van der Waals surface area contributed by atoms with Crippen molar-refractivity contribution >= 4 is 17.2 Å². The van der Waals surface area contributed by atoms with Gasteiger partial charge in [0.2, 0.25) is 5.89 Å². The Hall–Kier alpha value is -3.03. The van der Waals surface area contributed by atoms with Crippen LogP contribution in [0.25, 0.3) is 22.6 Å². The van der Waals surface area contributed by atoms with Gasteiger partial charge in [0.05, 0.1) is 12.2 Å². The molecule has 1 aromatic heterocycles. The number of carbonyl (C=O) groups is 1. The van der Waals surface area contributed by atoms with Gasteiger partial charge in [-0.15, -0.1) is 0 Å². The number of carbonyl (C=O) groups excluding carboxylic acids is 1. The van der Waals surface area contributed by atoms with E-state index in [2.05, 4.69) is 4.98 Å². The number of aromatic nitrogens is 1. The first-order chi connectivity index (χ1) is 14.8. The van der Waals surface area contributed by atoms with E-state index in [-0.39, 0.29) is 12.0 Å². The monoisotopic (exact) mass is 432 g/mol.